The van der Waals surface area contributed by atoms with Crippen LogP contribution in [0.15, 0.2) is 24.3 Å². The van der Waals surface area contributed by atoms with Crippen LogP contribution in [0, 0.1) is 5.92 Å². The van der Waals surface area contributed by atoms with Gasteiger partial charge in [-0.15, -0.1) is 0 Å². The zero-order valence-electron chi connectivity index (χ0n) is 11.5. The Hall–Kier alpha value is -2.28. The first-order valence-electron chi connectivity index (χ1n) is 6.56. The minimum atomic E-state index is -1.11. The third-order valence-electron chi connectivity index (χ3n) is 3.51. The number of carbonyl (C=O) groups is 2. The number of para-hydroxylation sites is 2. The summed E-state index contributed by atoms with van der Waals surface area (Å²) < 4.78 is 11.2. The van der Waals surface area contributed by atoms with E-state index < -0.39 is 24.0 Å². The van der Waals surface area contributed by atoms with Crippen molar-refractivity contribution in [1.29, 1.82) is 0 Å². The summed E-state index contributed by atoms with van der Waals surface area (Å²) in [6, 6.07) is 6.26. The van der Waals surface area contributed by atoms with Gasteiger partial charge in [0, 0.05) is 6.42 Å². The van der Waals surface area contributed by atoms with Crippen LogP contribution in [0.2, 0.25) is 0 Å². The molecule has 1 heterocycles. The van der Waals surface area contributed by atoms with E-state index >= 15 is 0 Å². The van der Waals surface area contributed by atoms with Crippen LogP contribution in [-0.2, 0) is 9.59 Å². The van der Waals surface area contributed by atoms with Crippen molar-refractivity contribution in [2.24, 2.45) is 5.92 Å². The SMILES string of the molecule is C[C@@H]([C@@H](CC1COc2ccccc2O1)C(=O)O)N(O)C=O. The molecule has 7 nitrogen and oxygen atoms in total. The number of rotatable bonds is 6. The molecule has 0 saturated carbocycles. The lowest BCUT2D eigenvalue weighted by Crippen LogP contribution is -2.43. The molecular formula is C14H17NO6. The van der Waals surface area contributed by atoms with Crippen LogP contribution >= 0.6 is 0 Å². The summed E-state index contributed by atoms with van der Waals surface area (Å²) in [4.78, 5) is 21.9. The number of amides is 1. The van der Waals surface area contributed by atoms with Crippen LogP contribution in [0.25, 0.3) is 0 Å². The van der Waals surface area contributed by atoms with Crippen LogP contribution in [-0.4, -0.2) is 46.5 Å². The zero-order chi connectivity index (χ0) is 15.4. The highest BCUT2D eigenvalue weighted by Crippen LogP contribution is 2.32. The molecule has 0 bridgehead atoms. The molecule has 1 aromatic rings. The highest BCUT2D eigenvalue weighted by molar-refractivity contribution is 5.71. The Kier molecular flexibility index (Phi) is 4.64. The molecule has 1 aliphatic rings. The Balaban J connectivity index is 2.05. The number of aliphatic carboxylic acids is 1. The zero-order valence-corrected chi connectivity index (χ0v) is 11.5. The lowest BCUT2D eigenvalue weighted by molar-refractivity contribution is -0.171. The fourth-order valence-electron chi connectivity index (χ4n) is 2.25. The van der Waals surface area contributed by atoms with E-state index in [9.17, 15) is 19.9 Å². The Morgan fingerprint density at radius 3 is 2.76 bits per heavy atom. The van der Waals surface area contributed by atoms with Crippen molar-refractivity contribution in [2.45, 2.75) is 25.5 Å². The van der Waals surface area contributed by atoms with Crippen molar-refractivity contribution < 1.29 is 29.4 Å². The van der Waals surface area contributed by atoms with Crippen LogP contribution < -0.4 is 9.47 Å². The van der Waals surface area contributed by atoms with Gasteiger partial charge in [-0.05, 0) is 19.1 Å². The molecule has 1 amide bonds. The van der Waals surface area contributed by atoms with Crippen molar-refractivity contribution in [3.63, 3.8) is 0 Å². The number of carboxylic acid groups (broad SMARTS) is 1. The Bertz CT molecular complexity index is 520. The molecule has 0 saturated heterocycles. The van der Waals surface area contributed by atoms with E-state index in [1.54, 1.807) is 18.2 Å². The maximum Gasteiger partial charge on any atom is 0.308 e. The van der Waals surface area contributed by atoms with Gasteiger partial charge in [-0.1, -0.05) is 12.1 Å². The fraction of sp³-hybridized carbons (Fsp3) is 0.429. The number of hydrogen-bond donors (Lipinski definition) is 2. The van der Waals surface area contributed by atoms with E-state index in [0.717, 1.165) is 0 Å². The summed E-state index contributed by atoms with van der Waals surface area (Å²) in [5, 5.41) is 19.0. The Morgan fingerprint density at radius 1 is 1.48 bits per heavy atom. The molecule has 1 unspecified atom stereocenters. The van der Waals surface area contributed by atoms with E-state index in [1.165, 1.54) is 6.92 Å². The molecule has 0 aliphatic carbocycles. The van der Waals surface area contributed by atoms with Crippen LogP contribution in [0.5, 0.6) is 11.5 Å². The number of carbonyl (C=O) groups excluding carboxylic acids is 1. The average Bonchev–Trinajstić information content (AvgIpc) is 2.50. The van der Waals surface area contributed by atoms with Crippen LogP contribution in [0.3, 0.4) is 0 Å². The first kappa shape index (κ1) is 15.1. The summed E-state index contributed by atoms with van der Waals surface area (Å²) in [6.07, 6.45) is -0.146. The molecule has 0 fully saturated rings. The van der Waals surface area contributed by atoms with Gasteiger partial charge in [-0.25, -0.2) is 5.06 Å². The van der Waals surface area contributed by atoms with Gasteiger partial charge < -0.3 is 14.6 Å². The van der Waals surface area contributed by atoms with Gasteiger partial charge in [0.25, 0.3) is 0 Å². The molecule has 0 spiro atoms. The molecule has 2 rings (SSSR count). The van der Waals surface area contributed by atoms with Gasteiger partial charge in [-0.2, -0.15) is 0 Å². The van der Waals surface area contributed by atoms with E-state index in [-0.39, 0.29) is 19.4 Å². The van der Waals surface area contributed by atoms with Gasteiger partial charge in [0.05, 0.1) is 12.0 Å². The Labute approximate surface area is 121 Å². The number of benzene rings is 1. The minimum absolute atomic E-state index is 0.121. The smallest absolute Gasteiger partial charge is 0.308 e. The number of hydroxylamine groups is 2. The maximum atomic E-state index is 11.3. The van der Waals surface area contributed by atoms with Gasteiger partial charge in [0.2, 0.25) is 6.41 Å². The molecule has 2 N–H and O–H groups in total. The molecule has 21 heavy (non-hydrogen) atoms. The van der Waals surface area contributed by atoms with Gasteiger partial charge in [0.1, 0.15) is 12.7 Å². The normalized spacial score (nSPS) is 19.4. The third-order valence-corrected chi connectivity index (χ3v) is 3.51. The Morgan fingerprint density at radius 2 is 2.14 bits per heavy atom. The monoisotopic (exact) mass is 295 g/mol. The summed E-state index contributed by atoms with van der Waals surface area (Å²) in [7, 11) is 0. The number of carboxylic acids is 1. The summed E-state index contributed by atoms with van der Waals surface area (Å²) in [6.45, 7) is 1.69. The second-order valence-electron chi connectivity index (χ2n) is 4.90. The standard InChI is InChI=1S/C14H17NO6/c1-9(15(19)8-16)11(14(17)18)6-10-7-20-12-4-2-3-5-13(12)21-10/h2-5,8-11,19H,6-7H2,1H3,(H,17,18)/t9-,10?,11+/m0/s1. The van der Waals surface area contributed by atoms with Gasteiger partial charge in [-0.3, -0.25) is 14.8 Å². The number of fused-ring (bicyclic) bond motifs is 1. The highest BCUT2D eigenvalue weighted by atomic mass is 16.6. The molecule has 1 aliphatic heterocycles. The van der Waals surface area contributed by atoms with Crippen LogP contribution in [0.4, 0.5) is 0 Å². The fourth-order valence-corrected chi connectivity index (χ4v) is 2.25. The number of ether oxygens (including phenoxy) is 2. The lowest BCUT2D eigenvalue weighted by atomic mass is 9.94. The quantitative estimate of drug-likeness (QED) is 0.464. The molecule has 0 radical (unpaired) electrons. The highest BCUT2D eigenvalue weighted by Gasteiger charge is 2.33. The van der Waals surface area contributed by atoms with Crippen molar-refractivity contribution in [3.05, 3.63) is 24.3 Å². The summed E-state index contributed by atoms with van der Waals surface area (Å²) >= 11 is 0. The minimum Gasteiger partial charge on any atom is -0.486 e. The molecule has 114 valence electrons. The van der Waals surface area contributed by atoms with E-state index in [4.69, 9.17) is 9.47 Å². The van der Waals surface area contributed by atoms with E-state index in [0.29, 0.717) is 16.6 Å². The topological polar surface area (TPSA) is 96.3 Å². The molecule has 7 heteroatoms. The second kappa shape index (κ2) is 6.45. The summed E-state index contributed by atoms with van der Waals surface area (Å²) in [5.41, 5.74) is 0. The van der Waals surface area contributed by atoms with Crippen molar-refractivity contribution in [2.75, 3.05) is 6.61 Å². The largest absolute Gasteiger partial charge is 0.486 e. The lowest BCUT2D eigenvalue weighted by Gasteiger charge is -2.31. The molecule has 0 aromatic heterocycles. The predicted molar refractivity (Wildman–Crippen MR) is 71.2 cm³/mol. The molecular weight excluding hydrogens is 278 g/mol. The first-order valence-corrected chi connectivity index (χ1v) is 6.56. The number of hydrogen-bond acceptors (Lipinski definition) is 5. The first-order chi connectivity index (χ1) is 10.0. The van der Waals surface area contributed by atoms with Gasteiger partial charge in [0.15, 0.2) is 11.5 Å². The van der Waals surface area contributed by atoms with E-state index in [2.05, 4.69) is 0 Å². The van der Waals surface area contributed by atoms with Crippen molar-refractivity contribution >= 4 is 12.4 Å². The van der Waals surface area contributed by atoms with E-state index in [1.807, 2.05) is 6.07 Å². The predicted octanol–water partition coefficient (Wildman–Crippen LogP) is 1.15. The third kappa shape index (κ3) is 3.43. The number of nitrogens with zero attached hydrogens (tertiary/aromatic N) is 1. The van der Waals surface area contributed by atoms with Crippen molar-refractivity contribution in [3.8, 4) is 11.5 Å². The second-order valence-corrected chi connectivity index (χ2v) is 4.90. The molecule has 1 aromatic carbocycles. The molecule has 3 atom stereocenters. The van der Waals surface area contributed by atoms with Gasteiger partial charge >= 0.3 is 5.97 Å². The summed E-state index contributed by atoms with van der Waals surface area (Å²) in [5.74, 6) is -0.892. The van der Waals surface area contributed by atoms with Crippen LogP contribution in [0.1, 0.15) is 13.3 Å². The maximum absolute atomic E-state index is 11.3. The average molecular weight is 295 g/mol. The van der Waals surface area contributed by atoms with Crippen molar-refractivity contribution in [1.82, 2.24) is 5.06 Å².